The van der Waals surface area contributed by atoms with Gasteiger partial charge in [-0.3, -0.25) is 4.79 Å². The van der Waals surface area contributed by atoms with Crippen molar-refractivity contribution >= 4 is 5.91 Å². The lowest BCUT2D eigenvalue weighted by atomic mass is 10.1. The summed E-state index contributed by atoms with van der Waals surface area (Å²) in [5, 5.41) is 3.19. The van der Waals surface area contributed by atoms with Crippen LogP contribution in [0.3, 0.4) is 0 Å². The summed E-state index contributed by atoms with van der Waals surface area (Å²) in [4.78, 5) is 15.1. The molecule has 2 aromatic rings. The molecule has 0 aliphatic carbocycles. The van der Waals surface area contributed by atoms with E-state index in [1.807, 2.05) is 38.1 Å². The van der Waals surface area contributed by atoms with Gasteiger partial charge in [0.25, 0.3) is 5.91 Å². The van der Waals surface area contributed by atoms with Crippen LogP contribution in [-0.4, -0.2) is 30.4 Å². The number of hydrogen-bond acceptors (Lipinski definition) is 3. The van der Waals surface area contributed by atoms with Crippen LogP contribution in [0.2, 0.25) is 0 Å². The molecule has 0 saturated carbocycles. The van der Waals surface area contributed by atoms with Gasteiger partial charge in [0.05, 0.1) is 11.6 Å². The predicted octanol–water partition coefficient (Wildman–Crippen LogP) is 3.46. The van der Waals surface area contributed by atoms with Crippen LogP contribution < -0.4 is 5.32 Å². The van der Waals surface area contributed by atoms with Crippen LogP contribution in [0.1, 0.15) is 46.3 Å². The van der Waals surface area contributed by atoms with E-state index in [2.05, 4.69) is 22.3 Å². The Morgan fingerprint density at radius 3 is 2.52 bits per heavy atom. The Kier molecular flexibility index (Phi) is 4.82. The van der Waals surface area contributed by atoms with Gasteiger partial charge in [0.1, 0.15) is 11.5 Å². The number of hydrogen-bond donors (Lipinski definition) is 1. The number of carbonyl (C=O) groups excluding carboxylic acids is 1. The molecule has 1 aliphatic heterocycles. The molecule has 4 nitrogen and oxygen atoms in total. The minimum absolute atomic E-state index is 0.00333. The Labute approximate surface area is 137 Å². The molecule has 1 unspecified atom stereocenters. The maximum Gasteiger partial charge on any atom is 0.255 e. The van der Waals surface area contributed by atoms with Gasteiger partial charge in [0.15, 0.2) is 0 Å². The topological polar surface area (TPSA) is 45.5 Å². The fourth-order valence-corrected chi connectivity index (χ4v) is 3.24. The number of likely N-dealkylation sites (tertiary alicyclic amines) is 1. The van der Waals surface area contributed by atoms with Gasteiger partial charge in [-0.1, -0.05) is 30.3 Å². The van der Waals surface area contributed by atoms with E-state index in [1.54, 1.807) is 0 Å². The zero-order valence-electron chi connectivity index (χ0n) is 13.8. The molecule has 1 atom stereocenters. The quantitative estimate of drug-likeness (QED) is 0.919. The molecular formula is C19H24N2O2. The van der Waals surface area contributed by atoms with Gasteiger partial charge in [0.2, 0.25) is 0 Å². The highest BCUT2D eigenvalue weighted by atomic mass is 16.3. The van der Waals surface area contributed by atoms with Crippen LogP contribution in [-0.2, 0) is 0 Å². The molecule has 2 heterocycles. The summed E-state index contributed by atoms with van der Waals surface area (Å²) in [6.07, 6.45) is 2.49. The van der Waals surface area contributed by atoms with Gasteiger partial charge in [-0.15, -0.1) is 0 Å². The molecular weight excluding hydrogens is 288 g/mol. The fraction of sp³-hybridized carbons (Fsp3) is 0.421. The third-order valence-corrected chi connectivity index (χ3v) is 4.43. The Bertz CT molecular complexity index is 657. The number of carbonyl (C=O) groups is 1. The number of furan rings is 1. The summed E-state index contributed by atoms with van der Waals surface area (Å²) in [5.41, 5.74) is 1.77. The van der Waals surface area contributed by atoms with Crippen molar-refractivity contribution in [3.05, 3.63) is 59.0 Å². The van der Waals surface area contributed by atoms with Gasteiger partial charge >= 0.3 is 0 Å². The highest BCUT2D eigenvalue weighted by Crippen LogP contribution is 2.20. The summed E-state index contributed by atoms with van der Waals surface area (Å²) in [6.45, 7) is 6.78. The largest absolute Gasteiger partial charge is 0.466 e. The van der Waals surface area contributed by atoms with E-state index in [-0.39, 0.29) is 11.9 Å². The zero-order chi connectivity index (χ0) is 16.2. The zero-order valence-corrected chi connectivity index (χ0v) is 13.8. The lowest BCUT2D eigenvalue weighted by molar-refractivity contribution is 0.0925. The number of aryl methyl sites for hydroxylation is 2. The van der Waals surface area contributed by atoms with E-state index in [4.69, 9.17) is 4.42 Å². The lowest BCUT2D eigenvalue weighted by Crippen LogP contribution is -2.37. The maximum atomic E-state index is 12.6. The molecule has 1 fully saturated rings. The first-order valence-electron chi connectivity index (χ1n) is 8.28. The second-order valence-corrected chi connectivity index (χ2v) is 6.27. The summed E-state index contributed by atoms with van der Waals surface area (Å²) in [5.74, 6) is 1.38. The highest BCUT2D eigenvalue weighted by molar-refractivity contribution is 5.95. The molecule has 0 spiro atoms. The first-order chi connectivity index (χ1) is 11.1. The van der Waals surface area contributed by atoms with E-state index < -0.39 is 0 Å². The molecule has 122 valence electrons. The standard InChI is InChI=1S/C19H24N2O2/c1-14-12-17(15(2)23-14)19(22)20-18(13-21-10-6-7-11-21)16-8-4-3-5-9-16/h3-5,8-9,12,18H,6-7,10-11,13H2,1-2H3,(H,20,22). The Morgan fingerprint density at radius 2 is 1.91 bits per heavy atom. The Morgan fingerprint density at radius 1 is 1.22 bits per heavy atom. The number of benzene rings is 1. The first kappa shape index (κ1) is 15.8. The van der Waals surface area contributed by atoms with Crippen LogP contribution in [0.4, 0.5) is 0 Å². The van der Waals surface area contributed by atoms with Crippen molar-refractivity contribution in [2.45, 2.75) is 32.7 Å². The van der Waals surface area contributed by atoms with Gasteiger partial charge in [0, 0.05) is 6.54 Å². The van der Waals surface area contributed by atoms with Crippen LogP contribution in [0, 0.1) is 13.8 Å². The predicted molar refractivity (Wildman–Crippen MR) is 90.5 cm³/mol. The van der Waals surface area contributed by atoms with Crippen LogP contribution in [0.5, 0.6) is 0 Å². The van der Waals surface area contributed by atoms with E-state index in [9.17, 15) is 4.79 Å². The van der Waals surface area contributed by atoms with Crippen LogP contribution >= 0.6 is 0 Å². The molecule has 1 aliphatic rings. The van der Waals surface area contributed by atoms with E-state index in [0.717, 1.165) is 31.0 Å². The second kappa shape index (κ2) is 7.01. The number of nitrogens with zero attached hydrogens (tertiary/aromatic N) is 1. The Balaban J connectivity index is 1.77. The van der Waals surface area contributed by atoms with E-state index in [0.29, 0.717) is 11.3 Å². The first-order valence-corrected chi connectivity index (χ1v) is 8.28. The van der Waals surface area contributed by atoms with Gasteiger partial charge in [-0.25, -0.2) is 0 Å². The van der Waals surface area contributed by atoms with Crippen molar-refractivity contribution in [3.63, 3.8) is 0 Å². The molecule has 1 aromatic carbocycles. The normalized spacial score (nSPS) is 16.4. The molecule has 1 saturated heterocycles. The molecule has 0 radical (unpaired) electrons. The fourth-order valence-electron chi connectivity index (χ4n) is 3.24. The minimum Gasteiger partial charge on any atom is -0.466 e. The molecule has 3 rings (SSSR count). The van der Waals surface area contributed by atoms with Crippen molar-refractivity contribution in [2.24, 2.45) is 0 Å². The molecule has 0 bridgehead atoms. The summed E-state index contributed by atoms with van der Waals surface area (Å²) < 4.78 is 5.49. The molecule has 23 heavy (non-hydrogen) atoms. The number of rotatable bonds is 5. The second-order valence-electron chi connectivity index (χ2n) is 6.27. The average Bonchev–Trinajstić information content (AvgIpc) is 3.17. The summed E-state index contributed by atoms with van der Waals surface area (Å²) >= 11 is 0. The minimum atomic E-state index is -0.0626. The van der Waals surface area contributed by atoms with Crippen LogP contribution in [0.15, 0.2) is 40.8 Å². The highest BCUT2D eigenvalue weighted by Gasteiger charge is 2.22. The Hall–Kier alpha value is -2.07. The monoisotopic (exact) mass is 312 g/mol. The van der Waals surface area contributed by atoms with Crippen molar-refractivity contribution in [1.82, 2.24) is 10.2 Å². The van der Waals surface area contributed by atoms with Crippen molar-refractivity contribution < 1.29 is 9.21 Å². The molecule has 1 N–H and O–H groups in total. The van der Waals surface area contributed by atoms with Crippen molar-refractivity contribution in [2.75, 3.05) is 19.6 Å². The average molecular weight is 312 g/mol. The molecule has 1 amide bonds. The van der Waals surface area contributed by atoms with E-state index in [1.165, 1.54) is 12.8 Å². The van der Waals surface area contributed by atoms with Gasteiger partial charge in [-0.05, 0) is 51.4 Å². The third kappa shape index (κ3) is 3.82. The maximum absolute atomic E-state index is 12.6. The third-order valence-electron chi connectivity index (χ3n) is 4.43. The SMILES string of the molecule is Cc1cc(C(=O)NC(CN2CCCC2)c2ccccc2)c(C)o1. The van der Waals surface area contributed by atoms with Crippen LogP contribution in [0.25, 0.3) is 0 Å². The lowest BCUT2D eigenvalue weighted by Gasteiger charge is -2.25. The summed E-state index contributed by atoms with van der Waals surface area (Å²) in [7, 11) is 0. The molecule has 1 aromatic heterocycles. The molecule has 4 heteroatoms. The summed E-state index contributed by atoms with van der Waals surface area (Å²) in [6, 6.07) is 12.0. The van der Waals surface area contributed by atoms with Gasteiger partial charge < -0.3 is 14.6 Å². The number of nitrogens with one attached hydrogen (secondary N) is 1. The van der Waals surface area contributed by atoms with Crippen molar-refractivity contribution in [3.8, 4) is 0 Å². The van der Waals surface area contributed by atoms with E-state index >= 15 is 0 Å². The van der Waals surface area contributed by atoms with Gasteiger partial charge in [-0.2, -0.15) is 0 Å². The number of amides is 1. The smallest absolute Gasteiger partial charge is 0.255 e. The van der Waals surface area contributed by atoms with Crippen molar-refractivity contribution in [1.29, 1.82) is 0 Å².